The van der Waals surface area contributed by atoms with Gasteiger partial charge in [0.05, 0.1) is 0 Å². The van der Waals surface area contributed by atoms with Crippen molar-refractivity contribution in [1.82, 2.24) is 9.88 Å². The molecule has 1 aliphatic heterocycles. The lowest BCUT2D eigenvalue weighted by molar-refractivity contribution is 0.0650. The number of nitrogens with one attached hydrogen (secondary N) is 1. The number of hydrogen-bond acceptors (Lipinski definition) is 4. The molecule has 1 aromatic heterocycles. The van der Waals surface area contributed by atoms with Crippen molar-refractivity contribution >= 4 is 34.7 Å². The van der Waals surface area contributed by atoms with Crippen molar-refractivity contribution in [2.24, 2.45) is 5.92 Å². The average molecular weight is 420 g/mol. The second kappa shape index (κ2) is 9.09. The molecule has 30 heavy (non-hydrogen) atoms. The van der Waals surface area contributed by atoms with Gasteiger partial charge >= 0.3 is 0 Å². The number of carbonyl (C=O) groups excluding carboxylic acids is 2. The number of benzene rings is 2. The van der Waals surface area contributed by atoms with Crippen LogP contribution < -0.4 is 5.32 Å². The fourth-order valence-electron chi connectivity index (χ4n) is 3.68. The minimum atomic E-state index is -0.0536. The number of carbonyl (C=O) groups is 2. The Morgan fingerprint density at radius 2 is 1.40 bits per heavy atom. The Kier molecular flexibility index (Phi) is 6.10. The summed E-state index contributed by atoms with van der Waals surface area (Å²) in [5, 5.41) is 3.90. The van der Waals surface area contributed by atoms with Crippen molar-refractivity contribution in [3.63, 3.8) is 0 Å². The first-order valence-corrected chi connectivity index (χ1v) is 10.3. The topological polar surface area (TPSA) is 62.3 Å². The normalized spacial score (nSPS) is 14.4. The molecule has 0 unspecified atom stereocenters. The number of amides is 1. The van der Waals surface area contributed by atoms with E-state index in [9.17, 15) is 9.59 Å². The number of hydrogen-bond donors (Lipinski definition) is 1. The first-order valence-electron chi connectivity index (χ1n) is 9.96. The van der Waals surface area contributed by atoms with Crippen LogP contribution in [0.1, 0.15) is 33.6 Å². The summed E-state index contributed by atoms with van der Waals surface area (Å²) in [5.74, 6) is 0.0790. The van der Waals surface area contributed by atoms with Gasteiger partial charge in [-0.3, -0.25) is 14.6 Å². The molecule has 0 spiro atoms. The van der Waals surface area contributed by atoms with Gasteiger partial charge in [-0.1, -0.05) is 11.6 Å². The van der Waals surface area contributed by atoms with E-state index in [2.05, 4.69) is 10.3 Å². The van der Waals surface area contributed by atoms with Crippen LogP contribution in [0.3, 0.4) is 0 Å². The van der Waals surface area contributed by atoms with Gasteiger partial charge in [-0.05, 0) is 73.5 Å². The molecule has 1 saturated heterocycles. The van der Waals surface area contributed by atoms with Crippen LogP contribution >= 0.6 is 11.6 Å². The van der Waals surface area contributed by atoms with Gasteiger partial charge in [0, 0.05) is 58.9 Å². The lowest BCUT2D eigenvalue weighted by Crippen LogP contribution is -2.40. The van der Waals surface area contributed by atoms with Crippen molar-refractivity contribution in [1.29, 1.82) is 0 Å². The molecule has 2 heterocycles. The van der Waals surface area contributed by atoms with Crippen molar-refractivity contribution in [2.75, 3.05) is 18.4 Å². The Hall–Kier alpha value is -3.18. The summed E-state index contributed by atoms with van der Waals surface area (Å²) < 4.78 is 0. The summed E-state index contributed by atoms with van der Waals surface area (Å²) >= 11 is 5.90. The summed E-state index contributed by atoms with van der Waals surface area (Å²) in [6, 6.07) is 18.2. The number of rotatable bonds is 5. The summed E-state index contributed by atoms with van der Waals surface area (Å²) in [6.45, 7) is 1.17. The summed E-state index contributed by atoms with van der Waals surface area (Å²) in [4.78, 5) is 31.4. The van der Waals surface area contributed by atoms with Crippen LogP contribution in [0.4, 0.5) is 11.4 Å². The SMILES string of the molecule is O=C(c1ccc(Cl)cc1)C1CCN(C(=O)c2ccc(Nc3ccncc3)cc2)CC1. The smallest absolute Gasteiger partial charge is 0.253 e. The Morgan fingerprint density at radius 3 is 2.03 bits per heavy atom. The number of nitrogens with zero attached hydrogens (tertiary/aromatic N) is 2. The van der Waals surface area contributed by atoms with Crippen molar-refractivity contribution in [3.05, 3.63) is 89.2 Å². The van der Waals surface area contributed by atoms with Crippen LogP contribution in [0, 0.1) is 5.92 Å². The molecule has 2 aromatic carbocycles. The Bertz CT molecular complexity index is 1010. The third-order valence-electron chi connectivity index (χ3n) is 5.38. The summed E-state index contributed by atoms with van der Waals surface area (Å²) in [5.41, 5.74) is 3.18. The average Bonchev–Trinajstić information content (AvgIpc) is 2.80. The van der Waals surface area contributed by atoms with Crippen molar-refractivity contribution in [3.8, 4) is 0 Å². The van der Waals surface area contributed by atoms with Crippen LogP contribution in [-0.2, 0) is 0 Å². The van der Waals surface area contributed by atoms with E-state index in [1.54, 1.807) is 36.7 Å². The number of pyridine rings is 1. The van der Waals surface area contributed by atoms with E-state index in [1.807, 2.05) is 41.3 Å². The number of anilines is 2. The van der Waals surface area contributed by atoms with E-state index in [-0.39, 0.29) is 17.6 Å². The highest BCUT2D eigenvalue weighted by Gasteiger charge is 2.28. The second-order valence-corrected chi connectivity index (χ2v) is 7.81. The highest BCUT2D eigenvalue weighted by molar-refractivity contribution is 6.30. The monoisotopic (exact) mass is 419 g/mol. The zero-order valence-electron chi connectivity index (χ0n) is 16.4. The molecule has 5 nitrogen and oxygen atoms in total. The van der Waals surface area contributed by atoms with Gasteiger partial charge in [0.2, 0.25) is 0 Å². The van der Waals surface area contributed by atoms with E-state index >= 15 is 0 Å². The van der Waals surface area contributed by atoms with Gasteiger partial charge in [-0.25, -0.2) is 0 Å². The molecule has 0 saturated carbocycles. The third kappa shape index (κ3) is 4.69. The predicted molar refractivity (Wildman–Crippen MR) is 118 cm³/mol. The molecule has 0 radical (unpaired) electrons. The van der Waals surface area contributed by atoms with E-state index in [0.717, 1.165) is 11.4 Å². The van der Waals surface area contributed by atoms with Crippen molar-refractivity contribution in [2.45, 2.75) is 12.8 Å². The standard InChI is InChI=1S/C24H22ClN3O2/c25-20-5-1-17(2-6-20)23(29)18-11-15-28(16-12-18)24(30)19-3-7-21(8-4-19)27-22-9-13-26-14-10-22/h1-10,13-14,18H,11-12,15-16H2,(H,26,27). The highest BCUT2D eigenvalue weighted by Crippen LogP contribution is 2.24. The van der Waals surface area contributed by atoms with Crippen LogP contribution in [0.15, 0.2) is 73.1 Å². The van der Waals surface area contributed by atoms with Crippen LogP contribution in [0.25, 0.3) is 0 Å². The molecule has 0 aliphatic carbocycles. The number of halogens is 1. The predicted octanol–water partition coefficient (Wildman–Crippen LogP) is 5.21. The number of piperidine rings is 1. The molecule has 1 aliphatic rings. The molecule has 6 heteroatoms. The number of Topliss-reactive ketones (excluding diaryl/α,β-unsaturated/α-hetero) is 1. The maximum absolute atomic E-state index is 12.9. The summed E-state index contributed by atoms with van der Waals surface area (Å²) in [7, 11) is 0. The minimum Gasteiger partial charge on any atom is -0.355 e. The van der Waals surface area contributed by atoms with E-state index in [0.29, 0.717) is 42.1 Å². The van der Waals surface area contributed by atoms with Gasteiger partial charge in [0.1, 0.15) is 0 Å². The van der Waals surface area contributed by atoms with Crippen LogP contribution in [0.2, 0.25) is 5.02 Å². The summed E-state index contributed by atoms with van der Waals surface area (Å²) in [6.07, 6.45) is 4.80. The Balaban J connectivity index is 1.33. The Morgan fingerprint density at radius 1 is 0.833 bits per heavy atom. The van der Waals surface area contributed by atoms with Gasteiger partial charge in [-0.2, -0.15) is 0 Å². The molecular weight excluding hydrogens is 398 g/mol. The molecule has 3 aromatic rings. The Labute approximate surface area is 180 Å². The molecule has 0 bridgehead atoms. The zero-order valence-corrected chi connectivity index (χ0v) is 17.2. The van der Waals surface area contributed by atoms with E-state index in [1.165, 1.54) is 0 Å². The first kappa shape index (κ1) is 20.1. The maximum Gasteiger partial charge on any atom is 0.253 e. The first-order chi connectivity index (χ1) is 14.6. The molecule has 152 valence electrons. The maximum atomic E-state index is 12.9. The third-order valence-corrected chi connectivity index (χ3v) is 5.63. The fourth-order valence-corrected chi connectivity index (χ4v) is 3.80. The highest BCUT2D eigenvalue weighted by atomic mass is 35.5. The van der Waals surface area contributed by atoms with Crippen LogP contribution in [0.5, 0.6) is 0 Å². The molecule has 1 fully saturated rings. The van der Waals surface area contributed by atoms with Gasteiger partial charge in [0.25, 0.3) is 5.91 Å². The minimum absolute atomic E-state index is 0.00264. The zero-order chi connectivity index (χ0) is 20.9. The molecular formula is C24H22ClN3O2. The second-order valence-electron chi connectivity index (χ2n) is 7.38. The van der Waals surface area contributed by atoms with Gasteiger partial charge < -0.3 is 10.2 Å². The molecule has 0 atom stereocenters. The lowest BCUT2D eigenvalue weighted by atomic mass is 9.88. The number of likely N-dealkylation sites (tertiary alicyclic amines) is 1. The van der Waals surface area contributed by atoms with Gasteiger partial charge in [0.15, 0.2) is 5.78 Å². The fraction of sp³-hybridized carbons (Fsp3) is 0.208. The van der Waals surface area contributed by atoms with E-state index < -0.39 is 0 Å². The molecule has 4 rings (SSSR count). The quantitative estimate of drug-likeness (QED) is 0.576. The molecule has 1 amide bonds. The largest absolute Gasteiger partial charge is 0.355 e. The molecule has 1 N–H and O–H groups in total. The van der Waals surface area contributed by atoms with Crippen molar-refractivity contribution < 1.29 is 9.59 Å². The van der Waals surface area contributed by atoms with Crippen LogP contribution in [-0.4, -0.2) is 34.7 Å². The number of ketones is 1. The number of aromatic nitrogens is 1. The van der Waals surface area contributed by atoms with Gasteiger partial charge in [-0.15, -0.1) is 0 Å². The van der Waals surface area contributed by atoms with E-state index in [4.69, 9.17) is 11.6 Å². The lowest BCUT2D eigenvalue weighted by Gasteiger charge is -2.31.